The first-order valence-corrected chi connectivity index (χ1v) is 4.12. The number of aromatic nitrogens is 1. The second-order valence-electron chi connectivity index (χ2n) is 2.63. The summed E-state index contributed by atoms with van der Waals surface area (Å²) in [5.74, 6) is -4.67. The van der Waals surface area contributed by atoms with Gasteiger partial charge in [0.05, 0.1) is 10.6 Å². The third-order valence-electron chi connectivity index (χ3n) is 1.61. The van der Waals surface area contributed by atoms with Crippen molar-refractivity contribution in [2.45, 2.75) is 0 Å². The molecule has 0 atom stereocenters. The van der Waals surface area contributed by atoms with Crippen LogP contribution in [-0.2, 0) is 0 Å². The lowest BCUT2D eigenvalue weighted by atomic mass is 10.2. The van der Waals surface area contributed by atoms with E-state index in [4.69, 9.17) is 26.9 Å². The van der Waals surface area contributed by atoms with Crippen LogP contribution in [0.25, 0.3) is 0 Å². The van der Waals surface area contributed by atoms with Crippen molar-refractivity contribution in [3.8, 4) is 0 Å². The van der Waals surface area contributed by atoms with Crippen molar-refractivity contribution in [2.75, 3.05) is 0 Å². The minimum absolute atomic E-state index is 0.606. The van der Waals surface area contributed by atoms with Crippen LogP contribution in [0.1, 0.15) is 31.3 Å². The number of nitrogens with zero attached hydrogens (tertiary/aromatic N) is 1. The molecule has 0 aliphatic heterocycles. The first kappa shape index (κ1) is 11.9. The normalized spacial score (nSPS) is 9.81. The van der Waals surface area contributed by atoms with Crippen LogP contribution in [0.15, 0.2) is 6.07 Å². The Morgan fingerprint density at radius 3 is 2.00 bits per heavy atom. The van der Waals surface area contributed by atoms with Crippen LogP contribution in [0.2, 0.25) is 5.02 Å². The Morgan fingerprint density at radius 2 is 1.62 bits per heavy atom. The lowest BCUT2D eigenvalue weighted by Gasteiger charge is -2.04. The lowest BCUT2D eigenvalue weighted by molar-refractivity contribution is 0.0685. The summed E-state index contributed by atoms with van der Waals surface area (Å²) in [6, 6.07) is 0.694. The molecule has 3 N–H and O–H groups in total. The average molecular weight is 246 g/mol. The fraction of sp³-hybridized carbons (Fsp3) is 0. The van der Waals surface area contributed by atoms with Crippen molar-refractivity contribution >= 4 is 29.5 Å². The number of carboxylic acid groups (broad SMARTS) is 3. The highest BCUT2D eigenvalue weighted by Crippen LogP contribution is 2.21. The molecule has 0 aliphatic carbocycles. The highest BCUT2D eigenvalue weighted by molar-refractivity contribution is 6.36. The second kappa shape index (κ2) is 4.15. The monoisotopic (exact) mass is 245 g/mol. The largest absolute Gasteiger partial charge is 0.478 e. The van der Waals surface area contributed by atoms with Crippen LogP contribution < -0.4 is 0 Å². The van der Waals surface area contributed by atoms with Gasteiger partial charge in [-0.25, -0.2) is 19.4 Å². The van der Waals surface area contributed by atoms with Crippen LogP contribution >= 0.6 is 11.6 Å². The summed E-state index contributed by atoms with van der Waals surface area (Å²) in [6.45, 7) is 0. The molecule has 8 heteroatoms. The Labute approximate surface area is 92.9 Å². The number of carbonyl (C=O) groups is 3. The molecule has 1 rings (SSSR count). The van der Waals surface area contributed by atoms with Gasteiger partial charge in [0.25, 0.3) is 0 Å². The number of carboxylic acids is 3. The fourth-order valence-corrected chi connectivity index (χ4v) is 1.19. The first-order valence-electron chi connectivity index (χ1n) is 3.75. The van der Waals surface area contributed by atoms with Crippen LogP contribution in [0.4, 0.5) is 0 Å². The number of hydrogen-bond acceptors (Lipinski definition) is 4. The smallest absolute Gasteiger partial charge is 0.356 e. The van der Waals surface area contributed by atoms with E-state index in [1.807, 2.05) is 0 Å². The third-order valence-corrected chi connectivity index (χ3v) is 1.99. The Kier molecular flexibility index (Phi) is 3.09. The Balaban J connectivity index is 3.57. The Hall–Kier alpha value is -2.15. The van der Waals surface area contributed by atoms with Gasteiger partial charge < -0.3 is 15.3 Å². The molecule has 0 bridgehead atoms. The van der Waals surface area contributed by atoms with E-state index in [0.29, 0.717) is 6.07 Å². The van der Waals surface area contributed by atoms with Crippen molar-refractivity contribution in [3.05, 3.63) is 28.0 Å². The van der Waals surface area contributed by atoms with E-state index in [0.717, 1.165) is 0 Å². The van der Waals surface area contributed by atoms with E-state index >= 15 is 0 Å². The van der Waals surface area contributed by atoms with Gasteiger partial charge in [0.1, 0.15) is 5.69 Å². The molecule has 0 aliphatic rings. The van der Waals surface area contributed by atoms with Crippen LogP contribution in [0.5, 0.6) is 0 Å². The quantitative estimate of drug-likeness (QED) is 0.720. The highest BCUT2D eigenvalue weighted by Gasteiger charge is 2.22. The molecule has 1 aromatic rings. The topological polar surface area (TPSA) is 125 Å². The molecule has 84 valence electrons. The van der Waals surface area contributed by atoms with Crippen molar-refractivity contribution in [1.29, 1.82) is 0 Å². The van der Waals surface area contributed by atoms with Gasteiger partial charge in [-0.2, -0.15) is 0 Å². The molecular formula is C8H4ClNO6. The summed E-state index contributed by atoms with van der Waals surface area (Å²) in [5.41, 5.74) is -2.12. The average Bonchev–Trinajstić information content (AvgIpc) is 2.16. The van der Waals surface area contributed by atoms with Gasteiger partial charge in [-0.3, -0.25) is 0 Å². The van der Waals surface area contributed by atoms with Crippen molar-refractivity contribution in [2.24, 2.45) is 0 Å². The van der Waals surface area contributed by atoms with Crippen LogP contribution in [0, 0.1) is 0 Å². The zero-order chi connectivity index (χ0) is 12.5. The number of hydrogen-bond donors (Lipinski definition) is 3. The molecular weight excluding hydrogens is 242 g/mol. The Bertz CT molecular complexity index is 462. The molecule has 16 heavy (non-hydrogen) atoms. The van der Waals surface area contributed by atoms with E-state index in [1.165, 1.54) is 0 Å². The minimum atomic E-state index is -1.60. The lowest BCUT2D eigenvalue weighted by Crippen LogP contribution is -2.12. The molecule has 0 saturated heterocycles. The molecule has 0 saturated carbocycles. The van der Waals surface area contributed by atoms with E-state index in [2.05, 4.69) is 4.98 Å². The number of aromatic carboxylic acids is 3. The molecule has 1 aromatic heterocycles. The molecule has 0 unspecified atom stereocenters. The zero-order valence-electron chi connectivity index (χ0n) is 7.47. The summed E-state index contributed by atoms with van der Waals surface area (Å²) in [5, 5.41) is 25.3. The molecule has 1 heterocycles. The Morgan fingerprint density at radius 1 is 1.06 bits per heavy atom. The summed E-state index contributed by atoms with van der Waals surface area (Å²) in [6.07, 6.45) is 0. The van der Waals surface area contributed by atoms with Crippen LogP contribution in [0.3, 0.4) is 0 Å². The molecule has 0 amide bonds. The summed E-state index contributed by atoms with van der Waals surface area (Å²) < 4.78 is 0. The van der Waals surface area contributed by atoms with Gasteiger partial charge in [-0.1, -0.05) is 11.6 Å². The third kappa shape index (κ3) is 2.09. The van der Waals surface area contributed by atoms with E-state index < -0.39 is 39.9 Å². The number of halogens is 1. The van der Waals surface area contributed by atoms with Crippen molar-refractivity contribution in [1.82, 2.24) is 4.98 Å². The zero-order valence-corrected chi connectivity index (χ0v) is 8.22. The molecule has 0 fully saturated rings. The molecule has 7 nitrogen and oxygen atoms in total. The fourth-order valence-electron chi connectivity index (χ4n) is 0.936. The SMILES string of the molecule is O=C(O)c1cc(C(=O)O)c(Cl)c(C(=O)O)n1. The minimum Gasteiger partial charge on any atom is -0.478 e. The van der Waals surface area contributed by atoms with Gasteiger partial charge >= 0.3 is 17.9 Å². The van der Waals surface area contributed by atoms with Gasteiger partial charge in [-0.15, -0.1) is 0 Å². The predicted octanol–water partition coefficient (Wildman–Crippen LogP) is 0.830. The maximum absolute atomic E-state index is 10.7. The van der Waals surface area contributed by atoms with E-state index in [1.54, 1.807) is 0 Å². The predicted molar refractivity (Wildman–Crippen MR) is 50.1 cm³/mol. The van der Waals surface area contributed by atoms with Gasteiger partial charge in [0.2, 0.25) is 0 Å². The summed E-state index contributed by atoms with van der Waals surface area (Å²) in [4.78, 5) is 35.1. The summed E-state index contributed by atoms with van der Waals surface area (Å²) >= 11 is 5.46. The van der Waals surface area contributed by atoms with Gasteiger partial charge in [0, 0.05) is 0 Å². The standard InChI is InChI=1S/C8H4ClNO6/c9-4-2(6(11)12)1-3(7(13)14)10-5(4)8(15)16/h1H,(H,11,12)(H,13,14)(H,15,16). The maximum Gasteiger partial charge on any atom is 0.356 e. The molecule has 0 radical (unpaired) electrons. The van der Waals surface area contributed by atoms with Crippen LogP contribution in [-0.4, -0.2) is 38.2 Å². The van der Waals surface area contributed by atoms with Gasteiger partial charge in [0.15, 0.2) is 5.69 Å². The first-order chi connectivity index (χ1) is 7.34. The van der Waals surface area contributed by atoms with Crippen molar-refractivity contribution < 1.29 is 29.7 Å². The highest BCUT2D eigenvalue weighted by atomic mass is 35.5. The summed E-state index contributed by atoms with van der Waals surface area (Å²) in [7, 11) is 0. The second-order valence-corrected chi connectivity index (χ2v) is 3.01. The van der Waals surface area contributed by atoms with Gasteiger partial charge in [-0.05, 0) is 6.07 Å². The molecule has 0 spiro atoms. The van der Waals surface area contributed by atoms with Crippen molar-refractivity contribution in [3.63, 3.8) is 0 Å². The molecule has 0 aromatic carbocycles. The number of rotatable bonds is 3. The van der Waals surface area contributed by atoms with E-state index in [9.17, 15) is 14.4 Å². The number of pyridine rings is 1. The van der Waals surface area contributed by atoms with E-state index in [-0.39, 0.29) is 0 Å². The maximum atomic E-state index is 10.7.